The van der Waals surface area contributed by atoms with Gasteiger partial charge in [-0.1, -0.05) is 24.3 Å². The predicted molar refractivity (Wildman–Crippen MR) is 134 cm³/mol. The van der Waals surface area contributed by atoms with E-state index in [9.17, 15) is 4.79 Å². The van der Waals surface area contributed by atoms with Crippen LogP contribution in [-0.4, -0.2) is 36.1 Å². The third kappa shape index (κ3) is 7.01. The van der Waals surface area contributed by atoms with Crippen LogP contribution < -0.4 is 33.0 Å². The minimum atomic E-state index is -0.542. The zero-order chi connectivity index (χ0) is 23.8. The first kappa shape index (κ1) is 23.7. The van der Waals surface area contributed by atoms with Gasteiger partial charge in [0.15, 0.2) is 5.75 Å². The van der Waals surface area contributed by atoms with Crippen LogP contribution in [0.3, 0.4) is 0 Å². The molecule has 4 rings (SSSR count). The molecule has 3 aromatic rings. The van der Waals surface area contributed by atoms with E-state index in [0.29, 0.717) is 34.5 Å². The second-order valence-corrected chi connectivity index (χ2v) is 7.96. The Balaban J connectivity index is 0.000000286. The van der Waals surface area contributed by atoms with Crippen molar-refractivity contribution < 1.29 is 9.53 Å². The highest BCUT2D eigenvalue weighted by Gasteiger charge is 2.18. The molecule has 1 amide bonds. The lowest BCUT2D eigenvalue weighted by Gasteiger charge is -2.29. The number of hydrogen-bond donors (Lipinski definition) is 5. The number of para-hydroxylation sites is 2. The fourth-order valence-corrected chi connectivity index (χ4v) is 3.50. The first-order valence-corrected chi connectivity index (χ1v) is 10.7. The number of hydrogen-bond acceptors (Lipinski definition) is 8. The normalized spacial score (nSPS) is 14.1. The van der Waals surface area contributed by atoms with Crippen molar-refractivity contribution in [2.24, 2.45) is 0 Å². The van der Waals surface area contributed by atoms with Crippen LogP contribution in [0.1, 0.15) is 24.3 Å². The standard InChI is InChI=1S/C19H23N3O2.C5H8N4/c1-22-12-10-15(11-13-22)14-6-8-16(9-7-14)21-19(23)24-18-5-3-2-4-17(18)20;6-3-1-2-4(7)9-5(3)8/h2-9,15H,10-13,20H2,1H3,(H,21,23);1-2H,6H2,(H4,7,8,9). The fourth-order valence-electron chi connectivity index (χ4n) is 3.50. The summed E-state index contributed by atoms with van der Waals surface area (Å²) in [6.07, 6.45) is 1.82. The highest BCUT2D eigenvalue weighted by molar-refractivity contribution is 5.87. The van der Waals surface area contributed by atoms with E-state index >= 15 is 0 Å². The van der Waals surface area contributed by atoms with Gasteiger partial charge in [0, 0.05) is 5.69 Å². The molecule has 1 aliphatic rings. The number of amides is 1. The highest BCUT2D eigenvalue weighted by atomic mass is 16.6. The predicted octanol–water partition coefficient (Wildman–Crippen LogP) is 3.52. The second kappa shape index (κ2) is 11.1. The summed E-state index contributed by atoms with van der Waals surface area (Å²) < 4.78 is 5.23. The van der Waals surface area contributed by atoms with Crippen molar-refractivity contribution in [2.75, 3.05) is 48.4 Å². The van der Waals surface area contributed by atoms with Crippen molar-refractivity contribution in [3.63, 3.8) is 0 Å². The number of nitrogens with two attached hydrogens (primary N) is 4. The van der Waals surface area contributed by atoms with Crippen molar-refractivity contribution in [1.29, 1.82) is 0 Å². The minimum Gasteiger partial charge on any atom is -0.408 e. The van der Waals surface area contributed by atoms with Gasteiger partial charge in [0.1, 0.15) is 11.6 Å². The molecular formula is C24H31N7O2. The van der Waals surface area contributed by atoms with Gasteiger partial charge in [0.25, 0.3) is 0 Å². The Morgan fingerprint density at radius 1 is 0.939 bits per heavy atom. The molecule has 2 heterocycles. The molecular weight excluding hydrogens is 418 g/mol. The highest BCUT2D eigenvalue weighted by Crippen LogP contribution is 2.28. The van der Waals surface area contributed by atoms with Gasteiger partial charge in [-0.05, 0) is 80.9 Å². The number of nitrogens with one attached hydrogen (secondary N) is 1. The molecule has 0 atom stereocenters. The molecule has 33 heavy (non-hydrogen) atoms. The molecule has 0 bridgehead atoms. The minimum absolute atomic E-state index is 0.287. The van der Waals surface area contributed by atoms with Crippen LogP contribution in [0.25, 0.3) is 0 Å². The molecule has 1 aliphatic heterocycles. The third-order valence-electron chi connectivity index (χ3n) is 5.45. The lowest BCUT2D eigenvalue weighted by molar-refractivity contribution is 0.215. The summed E-state index contributed by atoms with van der Waals surface area (Å²) in [6, 6.07) is 18.2. The van der Waals surface area contributed by atoms with Crippen molar-refractivity contribution in [3.05, 3.63) is 66.2 Å². The maximum atomic E-state index is 12.0. The van der Waals surface area contributed by atoms with Gasteiger partial charge >= 0.3 is 6.09 Å². The van der Waals surface area contributed by atoms with Crippen LogP contribution in [0, 0.1) is 0 Å². The fraction of sp³-hybridized carbons (Fsp3) is 0.250. The number of benzene rings is 2. The molecule has 0 spiro atoms. The summed E-state index contributed by atoms with van der Waals surface area (Å²) in [5.41, 5.74) is 24.6. The number of carbonyl (C=O) groups excluding carboxylic acids is 1. The molecule has 1 saturated heterocycles. The summed E-state index contributed by atoms with van der Waals surface area (Å²) in [7, 11) is 2.16. The largest absolute Gasteiger partial charge is 0.417 e. The first-order chi connectivity index (χ1) is 15.8. The van der Waals surface area contributed by atoms with Gasteiger partial charge in [0.05, 0.1) is 11.4 Å². The van der Waals surface area contributed by atoms with E-state index in [0.717, 1.165) is 13.1 Å². The number of aromatic nitrogens is 1. The smallest absolute Gasteiger partial charge is 0.408 e. The monoisotopic (exact) mass is 449 g/mol. The van der Waals surface area contributed by atoms with Gasteiger partial charge in [-0.3, -0.25) is 5.32 Å². The summed E-state index contributed by atoms with van der Waals surface area (Å²) in [6.45, 7) is 2.27. The maximum Gasteiger partial charge on any atom is 0.417 e. The lowest BCUT2D eigenvalue weighted by atomic mass is 9.89. The molecule has 0 unspecified atom stereocenters. The summed E-state index contributed by atoms with van der Waals surface area (Å²) in [5, 5.41) is 2.73. The summed E-state index contributed by atoms with van der Waals surface area (Å²) >= 11 is 0. The Labute approximate surface area is 193 Å². The Hall–Kier alpha value is -3.98. The van der Waals surface area contributed by atoms with Gasteiger partial charge in [-0.2, -0.15) is 0 Å². The van der Waals surface area contributed by atoms with Crippen LogP contribution in [0.2, 0.25) is 0 Å². The molecule has 9 heteroatoms. The third-order valence-corrected chi connectivity index (χ3v) is 5.45. The topological polar surface area (TPSA) is 159 Å². The van der Waals surface area contributed by atoms with Crippen molar-refractivity contribution in [1.82, 2.24) is 9.88 Å². The average Bonchev–Trinajstić information content (AvgIpc) is 2.80. The Kier molecular flexibility index (Phi) is 7.93. The summed E-state index contributed by atoms with van der Waals surface area (Å²) in [4.78, 5) is 18.0. The first-order valence-electron chi connectivity index (χ1n) is 10.7. The molecule has 2 aromatic carbocycles. The van der Waals surface area contributed by atoms with Crippen molar-refractivity contribution in [2.45, 2.75) is 18.8 Å². The quantitative estimate of drug-likeness (QED) is 0.380. The van der Waals surface area contributed by atoms with Crippen molar-refractivity contribution in [3.8, 4) is 5.75 Å². The zero-order valence-electron chi connectivity index (χ0n) is 18.7. The number of ether oxygens (including phenoxy) is 1. The Morgan fingerprint density at radius 2 is 1.61 bits per heavy atom. The van der Waals surface area contributed by atoms with Crippen LogP contribution in [0.4, 0.5) is 33.5 Å². The SMILES string of the molecule is CN1CCC(c2ccc(NC(=O)Oc3ccccc3N)cc2)CC1.Nc1ccc(N)c(N)n1. The van der Waals surface area contributed by atoms with E-state index in [2.05, 4.69) is 34.4 Å². The van der Waals surface area contributed by atoms with E-state index in [1.54, 1.807) is 36.4 Å². The van der Waals surface area contributed by atoms with Gasteiger partial charge in [-0.25, -0.2) is 9.78 Å². The zero-order valence-corrected chi connectivity index (χ0v) is 18.7. The molecule has 0 saturated carbocycles. The molecule has 174 valence electrons. The van der Waals surface area contributed by atoms with Gasteiger partial charge in [0.2, 0.25) is 0 Å². The van der Waals surface area contributed by atoms with E-state index in [-0.39, 0.29) is 5.82 Å². The van der Waals surface area contributed by atoms with E-state index in [1.807, 2.05) is 12.1 Å². The van der Waals surface area contributed by atoms with E-state index in [4.69, 9.17) is 27.7 Å². The van der Waals surface area contributed by atoms with Gasteiger partial charge in [-0.15, -0.1) is 0 Å². The van der Waals surface area contributed by atoms with Crippen LogP contribution in [0.15, 0.2) is 60.7 Å². The Morgan fingerprint density at radius 3 is 2.21 bits per heavy atom. The molecule has 9 N–H and O–H groups in total. The molecule has 1 fully saturated rings. The molecule has 9 nitrogen and oxygen atoms in total. The Bertz CT molecular complexity index is 1060. The number of carbonyl (C=O) groups is 1. The number of likely N-dealkylation sites (tertiary alicyclic amines) is 1. The van der Waals surface area contributed by atoms with Crippen LogP contribution in [0.5, 0.6) is 5.75 Å². The van der Waals surface area contributed by atoms with E-state index in [1.165, 1.54) is 18.4 Å². The van der Waals surface area contributed by atoms with Crippen molar-refractivity contribution >= 4 is 34.8 Å². The average molecular weight is 450 g/mol. The van der Waals surface area contributed by atoms with E-state index < -0.39 is 6.09 Å². The number of rotatable bonds is 3. The van der Waals surface area contributed by atoms with Gasteiger partial charge < -0.3 is 32.6 Å². The van der Waals surface area contributed by atoms with Crippen LogP contribution in [-0.2, 0) is 0 Å². The van der Waals surface area contributed by atoms with Crippen LogP contribution >= 0.6 is 0 Å². The molecule has 0 aliphatic carbocycles. The second-order valence-electron chi connectivity index (χ2n) is 7.96. The number of anilines is 5. The summed E-state index contributed by atoms with van der Waals surface area (Å²) in [5.74, 6) is 1.64. The number of nitrogen functional groups attached to an aromatic ring is 4. The molecule has 1 aromatic heterocycles. The lowest BCUT2D eigenvalue weighted by Crippen LogP contribution is -2.29. The maximum absolute atomic E-state index is 12.0. The number of nitrogens with zero attached hydrogens (tertiary/aromatic N) is 2. The molecule has 0 radical (unpaired) electrons. The number of piperidine rings is 1. The number of pyridine rings is 1.